The van der Waals surface area contributed by atoms with E-state index in [1.54, 1.807) is 16.7 Å². The molecule has 0 bridgehead atoms. The molecule has 5 aliphatic rings. The largest absolute Gasteiger partial charge is 0.465 e. The molecule has 0 aromatic rings. The van der Waals surface area contributed by atoms with Gasteiger partial charge in [0.2, 0.25) is 11.8 Å². The van der Waals surface area contributed by atoms with Crippen molar-refractivity contribution in [3.63, 3.8) is 0 Å². The summed E-state index contributed by atoms with van der Waals surface area (Å²) in [5.41, 5.74) is 0. The van der Waals surface area contributed by atoms with Crippen molar-refractivity contribution in [3.8, 4) is 0 Å². The van der Waals surface area contributed by atoms with Gasteiger partial charge in [0.05, 0.1) is 35.8 Å². The monoisotopic (exact) mass is 502 g/mol. The van der Waals surface area contributed by atoms with Crippen LogP contribution in [0.5, 0.6) is 0 Å². The van der Waals surface area contributed by atoms with E-state index in [9.17, 15) is 19.5 Å². The predicted molar refractivity (Wildman–Crippen MR) is 135 cm³/mol. The molecule has 1 spiro atoms. The summed E-state index contributed by atoms with van der Waals surface area (Å²) in [6.45, 7) is 4.59. The van der Waals surface area contributed by atoms with Gasteiger partial charge in [-0.2, -0.15) is 0 Å². The molecule has 1 N–H and O–H groups in total. The van der Waals surface area contributed by atoms with E-state index in [-0.39, 0.29) is 30.4 Å². The van der Waals surface area contributed by atoms with E-state index in [4.69, 9.17) is 4.74 Å². The number of ether oxygens (including phenoxy) is 1. The number of aliphatic hydroxyl groups is 1. The number of thioether (sulfide) groups is 1. The zero-order valence-electron chi connectivity index (χ0n) is 20.9. The average Bonchev–Trinajstić information content (AvgIpc) is 3.20. The van der Waals surface area contributed by atoms with Gasteiger partial charge in [-0.3, -0.25) is 14.4 Å². The maximum atomic E-state index is 14.4. The Bertz CT molecular complexity index is 927. The lowest BCUT2D eigenvalue weighted by Crippen LogP contribution is -2.58. The van der Waals surface area contributed by atoms with Crippen LogP contribution in [-0.4, -0.2) is 80.1 Å². The Labute approximate surface area is 212 Å². The summed E-state index contributed by atoms with van der Waals surface area (Å²) in [6.07, 6.45) is 15.8. The maximum Gasteiger partial charge on any atom is 0.311 e. The molecule has 1 unspecified atom stereocenters. The second kappa shape index (κ2) is 9.58. The van der Waals surface area contributed by atoms with Gasteiger partial charge in [0.25, 0.3) is 0 Å². The number of cyclic esters (lactones) is 1. The standard InChI is InChI=1S/C27H38N2O5S/c1-3-18(17-30)29-22-24(32)28(19-11-6-4-7-12-19)15-10-14-27(22)20(23(29)31)21-25(33)34-16-9-5-8-13-26(21,2)35-27/h8,10,13-14,18-22,30H,3-7,9,11-12,15-17H2,1-2H3/b13-8-/t18-,20-,21+,22?,26-,27-/m0/s1. The van der Waals surface area contributed by atoms with Crippen LogP contribution in [0.3, 0.4) is 0 Å². The number of amides is 2. The average molecular weight is 503 g/mol. The van der Waals surface area contributed by atoms with Crippen molar-refractivity contribution in [2.24, 2.45) is 11.8 Å². The molecule has 8 heteroatoms. The number of likely N-dealkylation sites (tertiary alicyclic amines) is 1. The fourth-order valence-corrected chi connectivity index (χ4v) is 9.26. The fraction of sp³-hybridized carbons (Fsp3) is 0.741. The molecule has 5 rings (SSSR count). The minimum Gasteiger partial charge on any atom is -0.465 e. The summed E-state index contributed by atoms with van der Waals surface area (Å²) in [5.74, 6) is -1.98. The van der Waals surface area contributed by atoms with E-state index in [0.717, 1.165) is 38.5 Å². The number of allylic oxidation sites excluding steroid dienone is 1. The molecule has 35 heavy (non-hydrogen) atoms. The highest BCUT2D eigenvalue weighted by molar-refractivity contribution is 8.02. The van der Waals surface area contributed by atoms with Crippen LogP contribution in [0.25, 0.3) is 0 Å². The lowest BCUT2D eigenvalue weighted by molar-refractivity contribution is -0.154. The number of hydrogen-bond acceptors (Lipinski definition) is 6. The molecule has 7 nitrogen and oxygen atoms in total. The molecule has 1 aliphatic carbocycles. The normalized spacial score (nSPS) is 39.6. The number of carbonyl (C=O) groups is 3. The third-order valence-corrected chi connectivity index (χ3v) is 10.6. The molecule has 3 fully saturated rings. The second-order valence-corrected chi connectivity index (χ2v) is 12.7. The van der Waals surface area contributed by atoms with Gasteiger partial charge >= 0.3 is 5.97 Å². The van der Waals surface area contributed by atoms with Crippen LogP contribution in [0, 0.1) is 11.8 Å². The molecule has 4 aliphatic heterocycles. The summed E-state index contributed by atoms with van der Waals surface area (Å²) in [7, 11) is 0. The van der Waals surface area contributed by atoms with Crippen LogP contribution in [-0.2, 0) is 19.1 Å². The minimum absolute atomic E-state index is 0.0374. The molecule has 2 saturated heterocycles. The van der Waals surface area contributed by atoms with Crippen LogP contribution in [0.1, 0.15) is 65.2 Å². The third-order valence-electron chi connectivity index (χ3n) is 8.81. The number of carbonyl (C=O) groups excluding carboxylic acids is 3. The number of rotatable bonds is 4. The Morgan fingerprint density at radius 3 is 2.57 bits per heavy atom. The number of fused-ring (bicyclic) bond motifs is 2. The summed E-state index contributed by atoms with van der Waals surface area (Å²) < 4.78 is 4.14. The Morgan fingerprint density at radius 1 is 1.09 bits per heavy atom. The van der Waals surface area contributed by atoms with Crippen molar-refractivity contribution >= 4 is 29.5 Å². The zero-order valence-corrected chi connectivity index (χ0v) is 21.7. The molecule has 192 valence electrons. The highest BCUT2D eigenvalue weighted by Gasteiger charge is 2.74. The fourth-order valence-electron chi connectivity index (χ4n) is 7.12. The van der Waals surface area contributed by atoms with Crippen LogP contribution in [0.4, 0.5) is 0 Å². The van der Waals surface area contributed by atoms with Gasteiger partial charge in [-0.25, -0.2) is 0 Å². The number of hydrogen-bond donors (Lipinski definition) is 1. The van der Waals surface area contributed by atoms with Crippen LogP contribution in [0.2, 0.25) is 0 Å². The number of nitrogens with zero attached hydrogens (tertiary/aromatic N) is 2. The van der Waals surface area contributed by atoms with Gasteiger partial charge in [0, 0.05) is 17.3 Å². The summed E-state index contributed by atoms with van der Waals surface area (Å²) in [4.78, 5) is 45.7. The quantitative estimate of drug-likeness (QED) is 0.470. The van der Waals surface area contributed by atoms with Crippen molar-refractivity contribution < 1.29 is 24.2 Å². The van der Waals surface area contributed by atoms with Gasteiger partial charge in [-0.15, -0.1) is 11.8 Å². The zero-order chi connectivity index (χ0) is 24.8. The van der Waals surface area contributed by atoms with Gasteiger partial charge in [0.15, 0.2) is 0 Å². The lowest BCUT2D eigenvalue weighted by Gasteiger charge is -2.41. The number of esters is 1. The Hall–Kier alpha value is -1.80. The first-order valence-corrected chi connectivity index (χ1v) is 14.2. The van der Waals surface area contributed by atoms with Crippen LogP contribution < -0.4 is 0 Å². The molecular formula is C27H38N2O5S. The van der Waals surface area contributed by atoms with E-state index in [0.29, 0.717) is 19.6 Å². The van der Waals surface area contributed by atoms with Gasteiger partial charge in [0.1, 0.15) is 6.04 Å². The highest BCUT2D eigenvalue weighted by Crippen LogP contribution is 2.65. The number of aliphatic hydroxyl groups excluding tert-OH is 1. The Balaban J connectivity index is 1.64. The lowest BCUT2D eigenvalue weighted by atomic mass is 9.74. The minimum atomic E-state index is -0.873. The van der Waals surface area contributed by atoms with Crippen LogP contribution in [0.15, 0.2) is 24.3 Å². The van der Waals surface area contributed by atoms with E-state index in [2.05, 4.69) is 18.2 Å². The summed E-state index contributed by atoms with van der Waals surface area (Å²) >= 11 is 1.58. The second-order valence-electron chi connectivity index (χ2n) is 10.9. The molecular weight excluding hydrogens is 464 g/mol. The summed E-state index contributed by atoms with van der Waals surface area (Å²) in [6, 6.07) is -1.03. The summed E-state index contributed by atoms with van der Waals surface area (Å²) in [5, 5.41) is 10.2. The molecule has 2 amide bonds. The highest BCUT2D eigenvalue weighted by atomic mass is 32.2. The molecule has 0 aromatic carbocycles. The molecule has 4 heterocycles. The maximum absolute atomic E-state index is 14.4. The van der Waals surface area contributed by atoms with Gasteiger partial charge in [-0.1, -0.05) is 50.5 Å². The van der Waals surface area contributed by atoms with E-state index >= 15 is 0 Å². The first-order valence-electron chi connectivity index (χ1n) is 13.3. The van der Waals surface area contributed by atoms with Crippen molar-refractivity contribution in [1.29, 1.82) is 0 Å². The van der Waals surface area contributed by atoms with Crippen molar-refractivity contribution in [3.05, 3.63) is 24.3 Å². The van der Waals surface area contributed by atoms with Crippen molar-refractivity contribution in [1.82, 2.24) is 9.80 Å². The Morgan fingerprint density at radius 2 is 1.86 bits per heavy atom. The van der Waals surface area contributed by atoms with Crippen molar-refractivity contribution in [2.45, 2.75) is 92.8 Å². The SMILES string of the molecule is CC[C@@H](CO)N1C(=O)[C@@H]2[C@@H]3C(=O)OCCC/C=C\[C@]3(C)S[C@@]23C=CCN(C2CCCCC2)C(=O)C13. The topological polar surface area (TPSA) is 87.2 Å². The molecule has 6 atom stereocenters. The van der Waals surface area contributed by atoms with Gasteiger partial charge < -0.3 is 19.6 Å². The smallest absolute Gasteiger partial charge is 0.311 e. The van der Waals surface area contributed by atoms with E-state index in [1.165, 1.54) is 6.42 Å². The predicted octanol–water partition coefficient (Wildman–Crippen LogP) is 3.07. The molecule has 1 saturated carbocycles. The van der Waals surface area contributed by atoms with E-state index < -0.39 is 33.4 Å². The first kappa shape index (κ1) is 24.9. The van der Waals surface area contributed by atoms with Crippen LogP contribution >= 0.6 is 11.8 Å². The van der Waals surface area contributed by atoms with Crippen molar-refractivity contribution in [2.75, 3.05) is 19.8 Å². The first-order chi connectivity index (χ1) is 16.9. The Kier molecular flexibility index (Phi) is 6.81. The molecule has 0 radical (unpaired) electrons. The van der Waals surface area contributed by atoms with Gasteiger partial charge in [-0.05, 0) is 39.0 Å². The molecule has 0 aromatic heterocycles. The van der Waals surface area contributed by atoms with E-state index in [1.807, 2.05) is 24.8 Å². The third kappa shape index (κ3) is 3.86.